The van der Waals surface area contributed by atoms with Crippen molar-refractivity contribution in [3.8, 4) is 0 Å². The van der Waals surface area contributed by atoms with Gasteiger partial charge in [0.1, 0.15) is 5.52 Å². The predicted octanol–water partition coefficient (Wildman–Crippen LogP) is 3.11. The first-order chi connectivity index (χ1) is 14.6. The van der Waals surface area contributed by atoms with Crippen LogP contribution in [-0.2, 0) is 17.9 Å². The molecule has 156 valence electrons. The number of amides is 1. The number of aryl methyl sites for hydroxylation is 1. The molecule has 1 fully saturated rings. The zero-order chi connectivity index (χ0) is 21.1. The highest BCUT2D eigenvalue weighted by Crippen LogP contribution is 2.22. The van der Waals surface area contributed by atoms with Crippen LogP contribution in [-0.4, -0.2) is 33.5 Å². The first kappa shape index (κ1) is 20.5. The minimum atomic E-state index is -0.124. The van der Waals surface area contributed by atoms with Gasteiger partial charge in [0.2, 0.25) is 5.91 Å². The Hall–Kier alpha value is -2.74. The van der Waals surface area contributed by atoms with Crippen molar-refractivity contribution in [2.24, 2.45) is 5.92 Å². The lowest BCUT2D eigenvalue weighted by atomic mass is 9.96. The average molecular weight is 470 g/mol. The van der Waals surface area contributed by atoms with Gasteiger partial charge >= 0.3 is 0 Å². The van der Waals surface area contributed by atoms with E-state index in [1.165, 1.54) is 0 Å². The van der Waals surface area contributed by atoms with Crippen LogP contribution in [0.5, 0.6) is 0 Å². The number of benzene rings is 1. The number of hydrogen-bond acceptors (Lipinski definition) is 5. The fourth-order valence-corrected chi connectivity index (χ4v) is 4.34. The van der Waals surface area contributed by atoms with E-state index in [1.807, 2.05) is 48.2 Å². The van der Waals surface area contributed by atoms with Gasteiger partial charge in [-0.2, -0.15) is 0 Å². The topological polar surface area (TPSA) is 80.1 Å². The second-order valence-corrected chi connectivity index (χ2v) is 8.36. The normalized spacial score (nSPS) is 14.8. The van der Waals surface area contributed by atoms with Crippen molar-refractivity contribution in [3.05, 3.63) is 63.0 Å². The van der Waals surface area contributed by atoms with E-state index >= 15 is 0 Å². The maximum Gasteiger partial charge on any atom is 0.295 e. The number of pyridine rings is 1. The maximum absolute atomic E-state index is 13.0. The summed E-state index contributed by atoms with van der Waals surface area (Å²) < 4.78 is 2.66. The molecular formula is C22H24BrN5O2. The Morgan fingerprint density at radius 2 is 2.03 bits per heavy atom. The van der Waals surface area contributed by atoms with Crippen LogP contribution in [0.3, 0.4) is 0 Å². The maximum atomic E-state index is 13.0. The molecular weight excluding hydrogens is 446 g/mol. The van der Waals surface area contributed by atoms with Gasteiger partial charge in [0.15, 0.2) is 11.5 Å². The Bertz CT molecular complexity index is 1120. The van der Waals surface area contributed by atoms with Crippen LogP contribution < -0.4 is 15.8 Å². The van der Waals surface area contributed by atoms with Crippen molar-refractivity contribution in [2.75, 3.05) is 18.0 Å². The molecule has 1 aliphatic heterocycles. The number of nitrogens with one attached hydrogen (secondary N) is 1. The highest BCUT2D eigenvalue weighted by molar-refractivity contribution is 9.10. The van der Waals surface area contributed by atoms with Crippen molar-refractivity contribution in [1.29, 1.82) is 0 Å². The monoisotopic (exact) mass is 469 g/mol. The molecule has 3 aromatic rings. The fourth-order valence-electron chi connectivity index (χ4n) is 3.90. The third kappa shape index (κ3) is 4.23. The highest BCUT2D eigenvalue weighted by Gasteiger charge is 2.27. The number of carbonyl (C=O) groups is 1. The Kier molecular flexibility index (Phi) is 6.13. The quantitative estimate of drug-likeness (QED) is 0.620. The molecule has 0 bridgehead atoms. The average Bonchev–Trinajstić information content (AvgIpc) is 2.77. The number of anilines is 1. The van der Waals surface area contributed by atoms with Crippen molar-refractivity contribution in [2.45, 2.75) is 32.9 Å². The van der Waals surface area contributed by atoms with Gasteiger partial charge in [-0.25, -0.2) is 9.97 Å². The number of aromatic nitrogens is 3. The SMILES string of the molecule is CCn1c(=O)c(N2CCC(C(=O)NCc3cccc(Br)c3)CC2)nc2cccnc21. The lowest BCUT2D eigenvalue weighted by Gasteiger charge is -2.32. The standard InChI is InChI=1S/C22H24BrN5O2/c1-2-28-19-18(7-4-10-24-19)26-20(22(28)30)27-11-8-16(9-12-27)21(29)25-14-15-5-3-6-17(23)13-15/h3-7,10,13,16H,2,8-9,11-12,14H2,1H3,(H,25,29). The molecule has 3 heterocycles. The minimum absolute atomic E-state index is 0.0519. The number of hydrogen-bond donors (Lipinski definition) is 1. The Balaban J connectivity index is 1.42. The van der Waals surface area contributed by atoms with E-state index in [-0.39, 0.29) is 17.4 Å². The zero-order valence-corrected chi connectivity index (χ0v) is 18.4. The molecule has 4 rings (SSSR count). The summed E-state index contributed by atoms with van der Waals surface area (Å²) in [6, 6.07) is 11.6. The number of halogens is 1. The zero-order valence-electron chi connectivity index (χ0n) is 16.8. The van der Waals surface area contributed by atoms with Gasteiger partial charge in [0.05, 0.1) is 0 Å². The van der Waals surface area contributed by atoms with Crippen LogP contribution in [0.15, 0.2) is 51.9 Å². The van der Waals surface area contributed by atoms with Crippen molar-refractivity contribution in [1.82, 2.24) is 19.9 Å². The second-order valence-electron chi connectivity index (χ2n) is 7.44. The molecule has 2 aromatic heterocycles. The molecule has 0 aliphatic carbocycles. The number of rotatable bonds is 5. The van der Waals surface area contributed by atoms with Crippen LogP contribution in [0.4, 0.5) is 5.82 Å². The number of nitrogens with zero attached hydrogens (tertiary/aromatic N) is 4. The third-order valence-electron chi connectivity index (χ3n) is 5.52. The van der Waals surface area contributed by atoms with Crippen molar-refractivity contribution >= 4 is 38.8 Å². The second kappa shape index (κ2) is 8.95. The smallest absolute Gasteiger partial charge is 0.295 e. The molecule has 0 saturated carbocycles. The molecule has 7 nitrogen and oxygen atoms in total. The van der Waals surface area contributed by atoms with Gasteiger partial charge in [-0.05, 0) is 49.6 Å². The predicted molar refractivity (Wildman–Crippen MR) is 120 cm³/mol. The highest BCUT2D eigenvalue weighted by atomic mass is 79.9. The molecule has 1 amide bonds. The molecule has 1 N–H and O–H groups in total. The lowest BCUT2D eigenvalue weighted by Crippen LogP contribution is -2.43. The van der Waals surface area contributed by atoms with Gasteiger partial charge in [0, 0.05) is 42.8 Å². The number of piperidine rings is 1. The summed E-state index contributed by atoms with van der Waals surface area (Å²) in [7, 11) is 0. The van der Waals surface area contributed by atoms with Gasteiger partial charge < -0.3 is 10.2 Å². The largest absolute Gasteiger partial charge is 0.352 e. The molecule has 0 spiro atoms. The molecule has 0 atom stereocenters. The van der Waals surface area contributed by atoms with Gasteiger partial charge in [0.25, 0.3) is 5.56 Å². The van der Waals surface area contributed by atoms with E-state index in [4.69, 9.17) is 0 Å². The van der Waals surface area contributed by atoms with Crippen LogP contribution in [0.2, 0.25) is 0 Å². The van der Waals surface area contributed by atoms with Gasteiger partial charge in [-0.1, -0.05) is 28.1 Å². The summed E-state index contributed by atoms with van der Waals surface area (Å²) in [5, 5.41) is 3.04. The van der Waals surface area contributed by atoms with E-state index in [0.29, 0.717) is 56.0 Å². The first-order valence-electron chi connectivity index (χ1n) is 10.2. The van der Waals surface area contributed by atoms with Crippen LogP contribution in [0.25, 0.3) is 11.2 Å². The molecule has 0 unspecified atom stereocenters. The Labute approximate surface area is 183 Å². The van der Waals surface area contributed by atoms with E-state index in [9.17, 15) is 9.59 Å². The molecule has 1 aromatic carbocycles. The van der Waals surface area contributed by atoms with Crippen molar-refractivity contribution in [3.63, 3.8) is 0 Å². The summed E-state index contributed by atoms with van der Waals surface area (Å²) in [6.07, 6.45) is 3.07. The minimum Gasteiger partial charge on any atom is -0.352 e. The fraction of sp³-hybridized carbons (Fsp3) is 0.364. The van der Waals surface area contributed by atoms with Gasteiger partial charge in [-0.15, -0.1) is 0 Å². The summed E-state index contributed by atoms with van der Waals surface area (Å²) in [6.45, 7) is 4.25. The summed E-state index contributed by atoms with van der Waals surface area (Å²) in [4.78, 5) is 36.5. The molecule has 8 heteroatoms. The molecule has 1 aliphatic rings. The van der Waals surface area contributed by atoms with Crippen LogP contribution in [0.1, 0.15) is 25.3 Å². The van der Waals surface area contributed by atoms with E-state index in [0.717, 1.165) is 10.0 Å². The first-order valence-corrected chi connectivity index (χ1v) is 11.0. The van der Waals surface area contributed by atoms with Crippen molar-refractivity contribution < 1.29 is 4.79 Å². The van der Waals surface area contributed by atoms with Crippen LogP contribution in [0, 0.1) is 5.92 Å². The van der Waals surface area contributed by atoms with Gasteiger partial charge in [-0.3, -0.25) is 14.2 Å². The Morgan fingerprint density at radius 3 is 2.77 bits per heavy atom. The van der Waals surface area contributed by atoms with Crippen LogP contribution >= 0.6 is 15.9 Å². The summed E-state index contributed by atoms with van der Waals surface area (Å²) in [5.41, 5.74) is 2.25. The molecule has 0 radical (unpaired) electrons. The van der Waals surface area contributed by atoms with E-state index in [2.05, 4.69) is 31.2 Å². The van der Waals surface area contributed by atoms with E-state index < -0.39 is 0 Å². The summed E-state index contributed by atoms with van der Waals surface area (Å²) >= 11 is 3.45. The lowest BCUT2D eigenvalue weighted by molar-refractivity contribution is -0.125. The number of fused-ring (bicyclic) bond motifs is 1. The molecule has 30 heavy (non-hydrogen) atoms. The molecule has 1 saturated heterocycles. The third-order valence-corrected chi connectivity index (χ3v) is 6.02. The summed E-state index contributed by atoms with van der Waals surface area (Å²) in [5.74, 6) is 0.463. The Morgan fingerprint density at radius 1 is 1.23 bits per heavy atom. The van der Waals surface area contributed by atoms with E-state index in [1.54, 1.807) is 10.8 Å². The number of carbonyl (C=O) groups excluding carboxylic acids is 1.